The molecule has 0 aliphatic heterocycles. The molecule has 0 saturated heterocycles. The first-order chi connectivity index (χ1) is 8.54. The minimum atomic E-state index is -0.915. The average Bonchev–Trinajstić information content (AvgIpc) is 2.68. The van der Waals surface area contributed by atoms with Crippen LogP contribution in [-0.4, -0.2) is 27.4 Å². The van der Waals surface area contributed by atoms with E-state index in [0.717, 1.165) is 16.5 Å². The van der Waals surface area contributed by atoms with Gasteiger partial charge in [0.25, 0.3) is 0 Å². The summed E-state index contributed by atoms with van der Waals surface area (Å²) in [6, 6.07) is 5.11. The third-order valence-corrected chi connectivity index (χ3v) is 3.12. The summed E-state index contributed by atoms with van der Waals surface area (Å²) in [5.74, 6) is -0.599. The van der Waals surface area contributed by atoms with Crippen LogP contribution in [0.25, 0.3) is 10.9 Å². The molecule has 2 rings (SSSR count). The molecular formula is C14H17NO3. The summed E-state index contributed by atoms with van der Waals surface area (Å²) >= 11 is 0. The third kappa shape index (κ3) is 2.11. The maximum Gasteiger partial charge on any atom is 0.335 e. The van der Waals surface area contributed by atoms with Gasteiger partial charge in [0.2, 0.25) is 0 Å². The minimum Gasteiger partial charge on any atom is -0.478 e. The Bertz CT molecular complexity index is 584. The molecule has 0 aliphatic carbocycles. The van der Waals surface area contributed by atoms with Crippen LogP contribution in [0, 0.1) is 0 Å². The summed E-state index contributed by atoms with van der Waals surface area (Å²) in [4.78, 5) is 11.0. The number of aromatic nitrogens is 1. The van der Waals surface area contributed by atoms with Crippen molar-refractivity contribution in [2.75, 3.05) is 6.61 Å². The first-order valence-corrected chi connectivity index (χ1v) is 6.01. The zero-order chi connectivity index (χ0) is 13.3. The lowest BCUT2D eigenvalue weighted by Crippen LogP contribution is -2.00. The van der Waals surface area contributed by atoms with E-state index in [4.69, 9.17) is 10.2 Å². The Morgan fingerprint density at radius 2 is 2.11 bits per heavy atom. The van der Waals surface area contributed by atoms with E-state index in [2.05, 4.69) is 13.8 Å². The van der Waals surface area contributed by atoms with Crippen molar-refractivity contribution in [2.45, 2.75) is 26.3 Å². The Labute approximate surface area is 105 Å². The van der Waals surface area contributed by atoms with Crippen LogP contribution in [0.15, 0.2) is 24.4 Å². The molecule has 1 aromatic carbocycles. The highest BCUT2D eigenvalue weighted by Crippen LogP contribution is 2.28. The number of carbonyl (C=O) groups is 1. The SMILES string of the molecule is CC(C)c1cn(CCO)c2ccc(C(=O)O)cc12. The molecule has 0 radical (unpaired) electrons. The van der Waals surface area contributed by atoms with Crippen molar-refractivity contribution in [2.24, 2.45) is 0 Å². The number of aliphatic hydroxyl groups is 1. The van der Waals surface area contributed by atoms with E-state index in [1.807, 2.05) is 10.8 Å². The maximum atomic E-state index is 11.0. The molecule has 0 aliphatic rings. The number of benzene rings is 1. The van der Waals surface area contributed by atoms with Crippen molar-refractivity contribution < 1.29 is 15.0 Å². The third-order valence-electron chi connectivity index (χ3n) is 3.12. The predicted octanol–water partition coefficient (Wildman–Crippen LogP) is 2.46. The second-order valence-electron chi connectivity index (χ2n) is 4.69. The lowest BCUT2D eigenvalue weighted by Gasteiger charge is -2.03. The summed E-state index contributed by atoms with van der Waals surface area (Å²) in [6.07, 6.45) is 2.00. The van der Waals surface area contributed by atoms with Crippen LogP contribution in [0.2, 0.25) is 0 Å². The first-order valence-electron chi connectivity index (χ1n) is 6.01. The molecule has 0 fully saturated rings. The zero-order valence-corrected chi connectivity index (χ0v) is 10.6. The van der Waals surface area contributed by atoms with Gasteiger partial charge >= 0.3 is 5.97 Å². The molecular weight excluding hydrogens is 230 g/mol. The first kappa shape index (κ1) is 12.6. The van der Waals surface area contributed by atoms with E-state index in [0.29, 0.717) is 18.0 Å². The van der Waals surface area contributed by atoms with E-state index in [-0.39, 0.29) is 6.61 Å². The number of rotatable bonds is 4. The van der Waals surface area contributed by atoms with Crippen molar-refractivity contribution in [3.05, 3.63) is 35.5 Å². The normalized spacial score (nSPS) is 11.3. The fraction of sp³-hybridized carbons (Fsp3) is 0.357. The second kappa shape index (κ2) is 4.82. The Balaban J connectivity index is 2.67. The molecule has 0 unspecified atom stereocenters. The van der Waals surface area contributed by atoms with Crippen LogP contribution >= 0.6 is 0 Å². The lowest BCUT2D eigenvalue weighted by atomic mass is 10.0. The van der Waals surface area contributed by atoms with Gasteiger partial charge in [-0.3, -0.25) is 0 Å². The van der Waals surface area contributed by atoms with Gasteiger partial charge in [-0.15, -0.1) is 0 Å². The number of hydrogen-bond acceptors (Lipinski definition) is 2. The molecule has 96 valence electrons. The standard InChI is InChI=1S/C14H17NO3/c1-9(2)12-8-15(5-6-16)13-4-3-10(14(17)18)7-11(12)13/h3-4,7-9,16H,5-6H2,1-2H3,(H,17,18). The van der Waals surface area contributed by atoms with E-state index < -0.39 is 5.97 Å². The number of nitrogens with zero attached hydrogens (tertiary/aromatic N) is 1. The fourth-order valence-corrected chi connectivity index (χ4v) is 2.21. The van der Waals surface area contributed by atoms with Gasteiger partial charge in [-0.1, -0.05) is 13.8 Å². The van der Waals surface area contributed by atoms with Gasteiger partial charge < -0.3 is 14.8 Å². The molecule has 0 amide bonds. The topological polar surface area (TPSA) is 62.5 Å². The highest BCUT2D eigenvalue weighted by molar-refractivity contribution is 5.95. The van der Waals surface area contributed by atoms with Gasteiger partial charge in [0.15, 0.2) is 0 Å². The Morgan fingerprint density at radius 3 is 2.67 bits per heavy atom. The highest BCUT2D eigenvalue weighted by atomic mass is 16.4. The highest BCUT2D eigenvalue weighted by Gasteiger charge is 2.13. The molecule has 0 atom stereocenters. The van der Waals surface area contributed by atoms with Crippen LogP contribution < -0.4 is 0 Å². The molecule has 0 bridgehead atoms. The van der Waals surface area contributed by atoms with E-state index >= 15 is 0 Å². The van der Waals surface area contributed by atoms with Crippen molar-refractivity contribution in [3.8, 4) is 0 Å². The summed E-state index contributed by atoms with van der Waals surface area (Å²) in [6.45, 7) is 4.74. The minimum absolute atomic E-state index is 0.0714. The number of carboxylic acid groups (broad SMARTS) is 1. The molecule has 18 heavy (non-hydrogen) atoms. The van der Waals surface area contributed by atoms with Crippen LogP contribution in [0.5, 0.6) is 0 Å². The van der Waals surface area contributed by atoms with Crippen molar-refractivity contribution in [1.29, 1.82) is 0 Å². The second-order valence-corrected chi connectivity index (χ2v) is 4.69. The van der Waals surface area contributed by atoms with Crippen LogP contribution in [0.4, 0.5) is 0 Å². The summed E-state index contributed by atoms with van der Waals surface area (Å²) in [5, 5.41) is 19.0. The van der Waals surface area contributed by atoms with Gasteiger partial charge in [0.05, 0.1) is 12.2 Å². The summed E-state index contributed by atoms with van der Waals surface area (Å²) in [5.41, 5.74) is 2.38. The number of hydrogen-bond donors (Lipinski definition) is 2. The van der Waals surface area contributed by atoms with Crippen molar-refractivity contribution >= 4 is 16.9 Å². The van der Waals surface area contributed by atoms with Crippen molar-refractivity contribution in [1.82, 2.24) is 4.57 Å². The smallest absolute Gasteiger partial charge is 0.335 e. The van der Waals surface area contributed by atoms with E-state index in [1.165, 1.54) is 0 Å². The number of carboxylic acids is 1. The average molecular weight is 247 g/mol. The predicted molar refractivity (Wildman–Crippen MR) is 70.1 cm³/mol. The lowest BCUT2D eigenvalue weighted by molar-refractivity contribution is 0.0697. The Morgan fingerprint density at radius 1 is 1.39 bits per heavy atom. The summed E-state index contributed by atoms with van der Waals surface area (Å²) < 4.78 is 1.97. The van der Waals surface area contributed by atoms with Gasteiger partial charge in [0.1, 0.15) is 0 Å². The molecule has 0 spiro atoms. The van der Waals surface area contributed by atoms with Crippen LogP contribution in [0.1, 0.15) is 35.7 Å². The molecule has 2 N–H and O–H groups in total. The van der Waals surface area contributed by atoms with Gasteiger partial charge in [-0.25, -0.2) is 4.79 Å². The molecule has 4 heteroatoms. The number of aliphatic hydroxyl groups excluding tert-OH is 1. The van der Waals surface area contributed by atoms with Crippen LogP contribution in [-0.2, 0) is 6.54 Å². The monoisotopic (exact) mass is 247 g/mol. The largest absolute Gasteiger partial charge is 0.478 e. The number of fused-ring (bicyclic) bond motifs is 1. The van der Waals surface area contributed by atoms with Gasteiger partial charge in [-0.05, 0) is 29.7 Å². The van der Waals surface area contributed by atoms with Gasteiger partial charge in [0, 0.05) is 23.6 Å². The molecule has 4 nitrogen and oxygen atoms in total. The Hall–Kier alpha value is -1.81. The Kier molecular flexibility index (Phi) is 3.39. The number of aromatic carboxylic acids is 1. The molecule has 1 heterocycles. The molecule has 0 saturated carbocycles. The van der Waals surface area contributed by atoms with E-state index in [9.17, 15) is 4.79 Å². The van der Waals surface area contributed by atoms with Crippen molar-refractivity contribution in [3.63, 3.8) is 0 Å². The van der Waals surface area contributed by atoms with Gasteiger partial charge in [-0.2, -0.15) is 0 Å². The zero-order valence-electron chi connectivity index (χ0n) is 10.6. The molecule has 1 aromatic heterocycles. The van der Waals surface area contributed by atoms with E-state index in [1.54, 1.807) is 18.2 Å². The quantitative estimate of drug-likeness (QED) is 0.872. The fourth-order valence-electron chi connectivity index (χ4n) is 2.21. The maximum absolute atomic E-state index is 11.0. The summed E-state index contributed by atoms with van der Waals surface area (Å²) in [7, 11) is 0. The molecule has 2 aromatic rings. The van der Waals surface area contributed by atoms with Crippen LogP contribution in [0.3, 0.4) is 0 Å².